The highest BCUT2D eigenvalue weighted by molar-refractivity contribution is 5.71. The van der Waals surface area contributed by atoms with Gasteiger partial charge in [-0.2, -0.15) is 0 Å². The predicted molar refractivity (Wildman–Crippen MR) is 353 cm³/mol. The number of hydrogen-bond acceptors (Lipinski definition) is 6. The number of esters is 3. The standard InChI is InChI=1S/C75H142O6/c1-4-7-10-13-16-19-22-25-28-29-30-31-32-33-34-35-36-37-38-39-40-41-42-43-44-45-46-47-48-51-53-56-59-62-65-68-74(77)80-71-72(81-75(78)69-66-63-60-57-54-50-27-24-21-18-15-12-9-6-3)70-79-73(76)67-64-61-58-55-52-49-26-23-20-17-14-11-8-5-2/h22,25,29-30,72H,4-21,23-24,26-28,31-71H2,1-3H3/b25-22-,30-29-. The first-order valence-electron chi connectivity index (χ1n) is 36.8. The van der Waals surface area contributed by atoms with E-state index in [0.29, 0.717) is 19.3 Å². The Morgan fingerprint density at radius 3 is 0.679 bits per heavy atom. The predicted octanol–water partition coefficient (Wildman–Crippen LogP) is 25.3. The molecule has 0 amide bonds. The van der Waals surface area contributed by atoms with Gasteiger partial charge in [-0.3, -0.25) is 14.4 Å². The van der Waals surface area contributed by atoms with Gasteiger partial charge in [0.15, 0.2) is 6.10 Å². The van der Waals surface area contributed by atoms with E-state index in [9.17, 15) is 14.4 Å². The first-order valence-corrected chi connectivity index (χ1v) is 36.8. The van der Waals surface area contributed by atoms with Gasteiger partial charge in [0.2, 0.25) is 0 Å². The molecule has 0 aromatic rings. The number of unbranched alkanes of at least 4 members (excludes halogenated alkanes) is 54. The van der Waals surface area contributed by atoms with Gasteiger partial charge in [-0.1, -0.05) is 373 Å². The lowest BCUT2D eigenvalue weighted by Crippen LogP contribution is -2.30. The summed E-state index contributed by atoms with van der Waals surface area (Å²) in [6, 6.07) is 0. The molecule has 0 N–H and O–H groups in total. The van der Waals surface area contributed by atoms with E-state index in [1.807, 2.05) is 0 Å². The van der Waals surface area contributed by atoms with E-state index < -0.39 is 6.10 Å². The van der Waals surface area contributed by atoms with Gasteiger partial charge in [0.05, 0.1) is 0 Å². The minimum atomic E-state index is -0.765. The van der Waals surface area contributed by atoms with Crippen molar-refractivity contribution < 1.29 is 28.6 Å². The molecule has 0 aliphatic rings. The van der Waals surface area contributed by atoms with Gasteiger partial charge in [0, 0.05) is 19.3 Å². The molecular weight excluding hydrogens is 997 g/mol. The maximum atomic E-state index is 12.9. The van der Waals surface area contributed by atoms with E-state index in [1.165, 1.54) is 315 Å². The lowest BCUT2D eigenvalue weighted by molar-refractivity contribution is -0.167. The van der Waals surface area contributed by atoms with Crippen molar-refractivity contribution in [2.45, 2.75) is 425 Å². The quantitative estimate of drug-likeness (QED) is 0.0261. The summed E-state index contributed by atoms with van der Waals surface area (Å²) in [5.41, 5.74) is 0. The second-order valence-electron chi connectivity index (χ2n) is 25.2. The van der Waals surface area contributed by atoms with Gasteiger partial charge in [-0.25, -0.2) is 0 Å². The number of hydrogen-bond donors (Lipinski definition) is 0. The third-order valence-corrected chi connectivity index (χ3v) is 17.0. The number of carbonyl (C=O) groups excluding carboxylic acids is 3. The fourth-order valence-corrected chi connectivity index (χ4v) is 11.4. The maximum absolute atomic E-state index is 12.9. The third-order valence-electron chi connectivity index (χ3n) is 17.0. The monoisotopic (exact) mass is 1140 g/mol. The highest BCUT2D eigenvalue weighted by atomic mass is 16.6. The number of ether oxygens (including phenoxy) is 3. The first-order chi connectivity index (χ1) is 40.0. The fraction of sp³-hybridized carbons (Fsp3) is 0.907. The van der Waals surface area contributed by atoms with Crippen LogP contribution in [0.25, 0.3) is 0 Å². The molecule has 0 aromatic carbocycles. The average Bonchev–Trinajstić information content (AvgIpc) is 3.47. The third kappa shape index (κ3) is 68.6. The lowest BCUT2D eigenvalue weighted by Gasteiger charge is -2.18. The number of rotatable bonds is 69. The molecule has 0 saturated heterocycles. The van der Waals surface area contributed by atoms with Crippen molar-refractivity contribution in [3.05, 3.63) is 24.3 Å². The van der Waals surface area contributed by atoms with Crippen molar-refractivity contribution >= 4 is 17.9 Å². The van der Waals surface area contributed by atoms with Crippen molar-refractivity contribution in [3.8, 4) is 0 Å². The number of allylic oxidation sites excluding steroid dienone is 4. The lowest BCUT2D eigenvalue weighted by atomic mass is 10.0. The molecule has 0 rings (SSSR count). The zero-order valence-electron chi connectivity index (χ0n) is 55.1. The van der Waals surface area contributed by atoms with Crippen molar-refractivity contribution in [1.82, 2.24) is 0 Å². The highest BCUT2D eigenvalue weighted by Gasteiger charge is 2.20. The Labute approximate surface area is 506 Å². The van der Waals surface area contributed by atoms with E-state index in [-0.39, 0.29) is 31.1 Å². The second-order valence-corrected chi connectivity index (χ2v) is 25.2. The van der Waals surface area contributed by atoms with Gasteiger partial charge in [-0.05, 0) is 51.4 Å². The van der Waals surface area contributed by atoms with Crippen molar-refractivity contribution in [3.63, 3.8) is 0 Å². The van der Waals surface area contributed by atoms with Crippen LogP contribution < -0.4 is 0 Å². The topological polar surface area (TPSA) is 78.9 Å². The molecular formula is C75H142O6. The number of carbonyl (C=O) groups is 3. The molecule has 0 aliphatic heterocycles. The summed E-state index contributed by atoms with van der Waals surface area (Å²) in [6.07, 6.45) is 86.6. The van der Waals surface area contributed by atoms with E-state index in [1.54, 1.807) is 0 Å². The maximum Gasteiger partial charge on any atom is 0.306 e. The van der Waals surface area contributed by atoms with Crippen molar-refractivity contribution in [1.29, 1.82) is 0 Å². The summed E-state index contributed by atoms with van der Waals surface area (Å²) < 4.78 is 17.0. The zero-order chi connectivity index (χ0) is 58.5. The van der Waals surface area contributed by atoms with Crippen LogP contribution in [0.4, 0.5) is 0 Å². The van der Waals surface area contributed by atoms with Gasteiger partial charge in [0.1, 0.15) is 13.2 Å². The van der Waals surface area contributed by atoms with E-state index in [2.05, 4.69) is 45.1 Å². The van der Waals surface area contributed by atoms with Crippen LogP contribution in [-0.4, -0.2) is 37.2 Å². The SMILES string of the molecule is CCCCCCC/C=C\C/C=C\CCCCCCCCCCCCCCCCCCCCCCCCCC(=O)OCC(COC(=O)CCCCCCCCCCCCCCCC)OC(=O)CCCCCCCCCCCCCCCC. The second kappa shape index (κ2) is 70.4. The molecule has 6 heteroatoms. The first kappa shape index (κ1) is 78.9. The fourth-order valence-electron chi connectivity index (χ4n) is 11.4. The van der Waals surface area contributed by atoms with Crippen LogP contribution in [0.5, 0.6) is 0 Å². The summed E-state index contributed by atoms with van der Waals surface area (Å²) in [5.74, 6) is -0.828. The molecule has 0 aliphatic carbocycles. The Morgan fingerprint density at radius 2 is 0.444 bits per heavy atom. The van der Waals surface area contributed by atoms with Crippen LogP contribution in [0.1, 0.15) is 419 Å². The summed E-state index contributed by atoms with van der Waals surface area (Å²) in [5, 5.41) is 0. The van der Waals surface area contributed by atoms with Crippen LogP contribution in [0.2, 0.25) is 0 Å². The molecule has 6 nitrogen and oxygen atoms in total. The Kier molecular flexibility index (Phi) is 68.5. The molecule has 0 fully saturated rings. The largest absolute Gasteiger partial charge is 0.462 e. The van der Waals surface area contributed by atoms with Crippen LogP contribution in [0.3, 0.4) is 0 Å². The van der Waals surface area contributed by atoms with Gasteiger partial charge < -0.3 is 14.2 Å². The Balaban J connectivity index is 4.03. The van der Waals surface area contributed by atoms with Crippen LogP contribution in [0.15, 0.2) is 24.3 Å². The summed E-state index contributed by atoms with van der Waals surface area (Å²) in [6.45, 7) is 6.71. The van der Waals surface area contributed by atoms with Gasteiger partial charge in [0.25, 0.3) is 0 Å². The smallest absolute Gasteiger partial charge is 0.306 e. The zero-order valence-corrected chi connectivity index (χ0v) is 55.1. The highest BCUT2D eigenvalue weighted by Crippen LogP contribution is 2.19. The summed E-state index contributed by atoms with van der Waals surface area (Å²) in [7, 11) is 0. The van der Waals surface area contributed by atoms with E-state index in [4.69, 9.17) is 14.2 Å². The molecule has 81 heavy (non-hydrogen) atoms. The summed E-state index contributed by atoms with van der Waals surface area (Å²) in [4.78, 5) is 38.4. The van der Waals surface area contributed by atoms with Crippen molar-refractivity contribution in [2.75, 3.05) is 13.2 Å². The molecule has 0 saturated carbocycles. The Morgan fingerprint density at radius 1 is 0.247 bits per heavy atom. The average molecular weight is 1140 g/mol. The van der Waals surface area contributed by atoms with Gasteiger partial charge in [-0.15, -0.1) is 0 Å². The molecule has 0 bridgehead atoms. The van der Waals surface area contributed by atoms with Crippen molar-refractivity contribution in [2.24, 2.45) is 0 Å². The summed E-state index contributed by atoms with van der Waals surface area (Å²) >= 11 is 0. The molecule has 0 radical (unpaired) electrons. The van der Waals surface area contributed by atoms with Gasteiger partial charge >= 0.3 is 17.9 Å². The Bertz CT molecular complexity index is 1310. The molecule has 0 spiro atoms. The van der Waals surface area contributed by atoms with Crippen LogP contribution in [0, 0.1) is 0 Å². The molecule has 1 atom stereocenters. The minimum absolute atomic E-state index is 0.0625. The van der Waals surface area contributed by atoms with Crippen LogP contribution in [-0.2, 0) is 28.6 Å². The minimum Gasteiger partial charge on any atom is -0.462 e. The van der Waals surface area contributed by atoms with E-state index >= 15 is 0 Å². The molecule has 1 unspecified atom stereocenters. The van der Waals surface area contributed by atoms with E-state index in [0.717, 1.165) is 64.2 Å². The van der Waals surface area contributed by atoms with Crippen LogP contribution >= 0.6 is 0 Å². The molecule has 478 valence electrons. The normalized spacial score (nSPS) is 12.1. The Hall–Kier alpha value is -2.11. The molecule has 0 heterocycles. The molecule has 0 aromatic heterocycles.